The van der Waals surface area contributed by atoms with Gasteiger partial charge in [-0.1, -0.05) is 5.92 Å². The van der Waals surface area contributed by atoms with Crippen molar-refractivity contribution < 1.29 is 4.74 Å². The van der Waals surface area contributed by atoms with Crippen molar-refractivity contribution in [1.29, 1.82) is 0 Å². The number of hydrogen-bond donors (Lipinski definition) is 1. The normalized spacial score (nSPS) is 21.5. The average Bonchev–Trinajstić information content (AvgIpc) is 2.90. The number of terminal acetylenes is 1. The van der Waals surface area contributed by atoms with Gasteiger partial charge in [-0.05, 0) is 31.6 Å². The van der Waals surface area contributed by atoms with Crippen LogP contribution in [0.4, 0.5) is 0 Å². The molecule has 0 aromatic rings. The molecule has 0 amide bonds. The summed E-state index contributed by atoms with van der Waals surface area (Å²) in [5, 5.41) is 3.43. The lowest BCUT2D eigenvalue weighted by molar-refractivity contribution is 0.0218. The van der Waals surface area contributed by atoms with E-state index >= 15 is 0 Å². The first kappa shape index (κ1) is 16.5. The van der Waals surface area contributed by atoms with Crippen LogP contribution in [0.15, 0.2) is 4.99 Å². The fourth-order valence-corrected chi connectivity index (χ4v) is 3.58. The fourth-order valence-electron chi connectivity index (χ4n) is 3.10. The third kappa shape index (κ3) is 4.82. The summed E-state index contributed by atoms with van der Waals surface area (Å²) in [6, 6.07) is 0. The molecule has 118 valence electrons. The Kier molecular flexibility index (Phi) is 6.72. The molecule has 2 rings (SSSR count). The van der Waals surface area contributed by atoms with Crippen molar-refractivity contribution in [3.05, 3.63) is 0 Å². The lowest BCUT2D eigenvalue weighted by Crippen LogP contribution is -2.42. The highest BCUT2D eigenvalue weighted by molar-refractivity contribution is 7.99. The van der Waals surface area contributed by atoms with E-state index in [2.05, 4.69) is 23.1 Å². The van der Waals surface area contributed by atoms with Crippen LogP contribution >= 0.6 is 11.8 Å². The van der Waals surface area contributed by atoms with E-state index in [0.29, 0.717) is 5.41 Å². The van der Waals surface area contributed by atoms with Gasteiger partial charge >= 0.3 is 0 Å². The summed E-state index contributed by atoms with van der Waals surface area (Å²) >= 11 is 1.77. The van der Waals surface area contributed by atoms with Gasteiger partial charge in [-0.25, -0.2) is 0 Å². The SMILES string of the molecule is C#CCSCCN=C(NCC)N1CCC2(CCOCC2)C1. The maximum absolute atomic E-state index is 5.52. The van der Waals surface area contributed by atoms with Gasteiger partial charge in [-0.3, -0.25) is 4.99 Å². The van der Waals surface area contributed by atoms with Crippen LogP contribution in [-0.2, 0) is 4.74 Å². The summed E-state index contributed by atoms with van der Waals surface area (Å²) in [6.45, 7) is 7.96. The largest absolute Gasteiger partial charge is 0.381 e. The summed E-state index contributed by atoms with van der Waals surface area (Å²) < 4.78 is 5.52. The molecule has 2 saturated heterocycles. The van der Waals surface area contributed by atoms with Gasteiger partial charge in [-0.15, -0.1) is 18.2 Å². The van der Waals surface area contributed by atoms with E-state index in [1.807, 2.05) is 0 Å². The minimum absolute atomic E-state index is 0.465. The molecule has 1 spiro atoms. The van der Waals surface area contributed by atoms with Gasteiger partial charge in [0.25, 0.3) is 0 Å². The van der Waals surface area contributed by atoms with Crippen LogP contribution in [0.5, 0.6) is 0 Å². The molecule has 4 nitrogen and oxygen atoms in total. The van der Waals surface area contributed by atoms with E-state index < -0.39 is 0 Å². The Balaban J connectivity index is 1.86. The molecule has 0 aliphatic carbocycles. The third-order valence-corrected chi connectivity index (χ3v) is 5.15. The fraction of sp³-hybridized carbons (Fsp3) is 0.812. The van der Waals surface area contributed by atoms with E-state index in [1.165, 1.54) is 19.3 Å². The van der Waals surface area contributed by atoms with Crippen molar-refractivity contribution in [2.75, 3.05) is 50.9 Å². The summed E-state index contributed by atoms with van der Waals surface area (Å²) in [5.41, 5.74) is 0.465. The number of guanidine groups is 1. The van der Waals surface area contributed by atoms with Gasteiger partial charge in [0.15, 0.2) is 5.96 Å². The molecular formula is C16H27N3OS. The zero-order chi connectivity index (χ0) is 15.0. The topological polar surface area (TPSA) is 36.9 Å². The van der Waals surface area contributed by atoms with Crippen LogP contribution in [0, 0.1) is 17.8 Å². The van der Waals surface area contributed by atoms with Crippen molar-refractivity contribution in [3.8, 4) is 12.3 Å². The maximum atomic E-state index is 5.52. The first-order chi connectivity index (χ1) is 10.3. The molecule has 2 heterocycles. The first-order valence-electron chi connectivity index (χ1n) is 7.92. The van der Waals surface area contributed by atoms with Gasteiger partial charge in [0.1, 0.15) is 0 Å². The van der Waals surface area contributed by atoms with Crippen molar-refractivity contribution >= 4 is 17.7 Å². The number of ether oxygens (including phenoxy) is 1. The highest BCUT2D eigenvalue weighted by Crippen LogP contribution is 2.39. The van der Waals surface area contributed by atoms with Crippen molar-refractivity contribution in [1.82, 2.24) is 10.2 Å². The van der Waals surface area contributed by atoms with Gasteiger partial charge in [0.05, 0.1) is 12.3 Å². The van der Waals surface area contributed by atoms with Crippen LogP contribution in [0.1, 0.15) is 26.2 Å². The van der Waals surface area contributed by atoms with E-state index in [9.17, 15) is 0 Å². The zero-order valence-electron chi connectivity index (χ0n) is 13.1. The Morgan fingerprint density at radius 2 is 2.24 bits per heavy atom. The summed E-state index contributed by atoms with van der Waals surface area (Å²) in [6.07, 6.45) is 8.92. The molecular weight excluding hydrogens is 282 g/mol. The standard InChI is InChI=1S/C16H27N3OS/c1-3-12-21-13-8-18-15(17-4-2)19-9-5-16(14-19)6-10-20-11-7-16/h1H,4-14H2,2H3,(H,17,18). The molecule has 2 aliphatic heterocycles. The molecule has 2 fully saturated rings. The Morgan fingerprint density at radius 3 is 2.95 bits per heavy atom. The number of aliphatic imine (C=N–C) groups is 1. The van der Waals surface area contributed by atoms with E-state index in [1.54, 1.807) is 11.8 Å². The number of thioether (sulfide) groups is 1. The molecule has 0 unspecified atom stereocenters. The van der Waals surface area contributed by atoms with E-state index in [0.717, 1.165) is 56.9 Å². The highest BCUT2D eigenvalue weighted by Gasteiger charge is 2.40. The predicted octanol–water partition coefficient (Wildman–Crippen LogP) is 1.82. The van der Waals surface area contributed by atoms with Crippen LogP contribution in [0.2, 0.25) is 0 Å². The van der Waals surface area contributed by atoms with Crippen LogP contribution < -0.4 is 5.32 Å². The number of likely N-dealkylation sites (tertiary alicyclic amines) is 1. The van der Waals surface area contributed by atoms with Crippen molar-refractivity contribution in [2.24, 2.45) is 10.4 Å². The summed E-state index contributed by atoms with van der Waals surface area (Å²) in [5.74, 6) is 5.49. The summed E-state index contributed by atoms with van der Waals surface area (Å²) in [4.78, 5) is 7.19. The van der Waals surface area contributed by atoms with Gasteiger partial charge < -0.3 is 15.0 Å². The number of hydrogen-bond acceptors (Lipinski definition) is 3. The van der Waals surface area contributed by atoms with E-state index in [4.69, 9.17) is 16.2 Å². The lowest BCUT2D eigenvalue weighted by atomic mass is 9.80. The van der Waals surface area contributed by atoms with Gasteiger partial charge in [-0.2, -0.15) is 0 Å². The lowest BCUT2D eigenvalue weighted by Gasteiger charge is -2.33. The second kappa shape index (κ2) is 8.55. The molecule has 0 aromatic heterocycles. The summed E-state index contributed by atoms with van der Waals surface area (Å²) in [7, 11) is 0. The maximum Gasteiger partial charge on any atom is 0.193 e. The van der Waals surface area contributed by atoms with Crippen LogP contribution in [0.3, 0.4) is 0 Å². The van der Waals surface area contributed by atoms with Crippen molar-refractivity contribution in [3.63, 3.8) is 0 Å². The smallest absolute Gasteiger partial charge is 0.193 e. The Labute approximate surface area is 133 Å². The number of nitrogens with zero attached hydrogens (tertiary/aromatic N) is 2. The second-order valence-electron chi connectivity index (χ2n) is 5.78. The Bertz CT molecular complexity index is 385. The molecule has 21 heavy (non-hydrogen) atoms. The Hall–Kier alpha value is -0.860. The quantitative estimate of drug-likeness (QED) is 0.364. The van der Waals surface area contributed by atoms with Crippen LogP contribution in [0.25, 0.3) is 0 Å². The predicted molar refractivity (Wildman–Crippen MR) is 90.8 cm³/mol. The molecule has 5 heteroatoms. The molecule has 1 N–H and O–H groups in total. The van der Waals surface area contributed by atoms with Crippen LogP contribution in [-0.4, -0.2) is 61.8 Å². The minimum Gasteiger partial charge on any atom is -0.381 e. The highest BCUT2D eigenvalue weighted by atomic mass is 32.2. The second-order valence-corrected chi connectivity index (χ2v) is 6.88. The van der Waals surface area contributed by atoms with Crippen molar-refractivity contribution in [2.45, 2.75) is 26.2 Å². The first-order valence-corrected chi connectivity index (χ1v) is 9.07. The molecule has 0 radical (unpaired) electrons. The minimum atomic E-state index is 0.465. The monoisotopic (exact) mass is 309 g/mol. The molecule has 0 atom stereocenters. The van der Waals surface area contributed by atoms with E-state index in [-0.39, 0.29) is 0 Å². The number of nitrogens with one attached hydrogen (secondary N) is 1. The molecule has 0 bridgehead atoms. The molecule has 0 saturated carbocycles. The Morgan fingerprint density at radius 1 is 1.43 bits per heavy atom. The van der Waals surface area contributed by atoms with Gasteiger partial charge in [0, 0.05) is 38.6 Å². The average molecular weight is 309 g/mol. The number of rotatable bonds is 5. The third-order valence-electron chi connectivity index (χ3n) is 4.31. The molecule has 0 aromatic carbocycles. The van der Waals surface area contributed by atoms with Gasteiger partial charge in [0.2, 0.25) is 0 Å². The zero-order valence-corrected chi connectivity index (χ0v) is 13.9. The molecule has 2 aliphatic rings.